The Bertz CT molecular complexity index is 898. The highest BCUT2D eigenvalue weighted by atomic mass is 79.9. The molecule has 2 rings (SSSR count). The van der Waals surface area contributed by atoms with Gasteiger partial charge in [-0.2, -0.15) is 0 Å². The van der Waals surface area contributed by atoms with Gasteiger partial charge in [0.1, 0.15) is 11.8 Å². The molecule has 0 radical (unpaired) electrons. The Morgan fingerprint density at radius 2 is 1.70 bits per heavy atom. The Morgan fingerprint density at radius 1 is 1.10 bits per heavy atom. The van der Waals surface area contributed by atoms with Crippen LogP contribution in [0.25, 0.3) is 0 Å². The van der Waals surface area contributed by atoms with Crippen LogP contribution in [0.5, 0.6) is 5.75 Å². The largest absolute Gasteiger partial charge is 0.483 e. The normalized spacial score (nSPS) is 12.2. The Labute approximate surface area is 195 Å². The maximum atomic E-state index is 13.0. The molecule has 8 heteroatoms. The first-order chi connectivity index (χ1) is 14.0. The Kier molecular flexibility index (Phi) is 8.59. The van der Waals surface area contributed by atoms with E-state index in [9.17, 15) is 9.59 Å². The summed E-state index contributed by atoms with van der Waals surface area (Å²) in [5, 5.41) is 4.08. The minimum atomic E-state index is -0.690. The topological polar surface area (TPSA) is 58.6 Å². The number of carbonyl (C=O) groups is 2. The summed E-state index contributed by atoms with van der Waals surface area (Å²) in [6.07, 6.45) is 0. The number of amides is 2. The predicted molar refractivity (Wildman–Crippen MR) is 124 cm³/mol. The van der Waals surface area contributed by atoms with E-state index in [1.165, 1.54) is 4.90 Å². The van der Waals surface area contributed by atoms with Gasteiger partial charge in [0.2, 0.25) is 5.91 Å². The molecule has 0 unspecified atom stereocenters. The van der Waals surface area contributed by atoms with Crippen molar-refractivity contribution in [2.24, 2.45) is 0 Å². The summed E-state index contributed by atoms with van der Waals surface area (Å²) >= 11 is 15.3. The number of nitrogens with zero attached hydrogens (tertiary/aromatic N) is 1. The molecule has 0 aromatic heterocycles. The van der Waals surface area contributed by atoms with Crippen LogP contribution in [0.3, 0.4) is 0 Å². The zero-order chi connectivity index (χ0) is 22.5. The molecule has 0 spiro atoms. The number of hydrogen-bond donors (Lipinski definition) is 1. The fourth-order valence-corrected chi connectivity index (χ4v) is 3.58. The van der Waals surface area contributed by atoms with E-state index in [4.69, 9.17) is 27.9 Å². The molecule has 0 aliphatic carbocycles. The maximum Gasteiger partial charge on any atom is 0.261 e. The van der Waals surface area contributed by atoms with Crippen molar-refractivity contribution in [2.75, 3.05) is 6.61 Å². The van der Waals surface area contributed by atoms with E-state index in [1.54, 1.807) is 37.3 Å². The monoisotopic (exact) mass is 514 g/mol. The summed E-state index contributed by atoms with van der Waals surface area (Å²) < 4.78 is 6.32. The lowest BCUT2D eigenvalue weighted by Crippen LogP contribution is -2.53. The van der Waals surface area contributed by atoms with Gasteiger partial charge < -0.3 is 15.0 Å². The van der Waals surface area contributed by atoms with Gasteiger partial charge >= 0.3 is 0 Å². The van der Waals surface area contributed by atoms with Crippen molar-refractivity contribution < 1.29 is 14.3 Å². The van der Waals surface area contributed by atoms with E-state index in [-0.39, 0.29) is 25.0 Å². The van der Waals surface area contributed by atoms with E-state index in [0.717, 1.165) is 5.56 Å². The van der Waals surface area contributed by atoms with Crippen molar-refractivity contribution in [1.29, 1.82) is 0 Å². The number of hydrogen-bond acceptors (Lipinski definition) is 3. The molecule has 0 saturated heterocycles. The first kappa shape index (κ1) is 24.5. The van der Waals surface area contributed by atoms with Gasteiger partial charge in [0.25, 0.3) is 5.91 Å². The van der Waals surface area contributed by atoms with Crippen LogP contribution >= 0.6 is 39.1 Å². The Morgan fingerprint density at radius 3 is 2.27 bits per heavy atom. The molecule has 2 amide bonds. The highest BCUT2D eigenvalue weighted by Gasteiger charge is 2.28. The van der Waals surface area contributed by atoms with Gasteiger partial charge in [0, 0.05) is 22.1 Å². The molecule has 0 bridgehead atoms. The fraction of sp³-hybridized carbons (Fsp3) is 0.364. The van der Waals surface area contributed by atoms with E-state index in [2.05, 4.69) is 21.2 Å². The third kappa shape index (κ3) is 7.49. The van der Waals surface area contributed by atoms with E-state index in [0.29, 0.717) is 20.3 Å². The van der Waals surface area contributed by atoms with Gasteiger partial charge in [0.15, 0.2) is 6.61 Å². The van der Waals surface area contributed by atoms with Gasteiger partial charge in [-0.25, -0.2) is 0 Å². The van der Waals surface area contributed by atoms with Crippen molar-refractivity contribution in [3.8, 4) is 5.75 Å². The van der Waals surface area contributed by atoms with E-state index < -0.39 is 11.6 Å². The minimum absolute atomic E-state index is 0.221. The van der Waals surface area contributed by atoms with Gasteiger partial charge in [0.05, 0.1) is 4.47 Å². The Balaban J connectivity index is 2.18. The second-order valence-electron chi connectivity index (χ2n) is 7.93. The van der Waals surface area contributed by atoms with Crippen LogP contribution in [0.2, 0.25) is 10.0 Å². The predicted octanol–water partition coefficient (Wildman–Crippen LogP) is 5.47. The third-order valence-electron chi connectivity index (χ3n) is 4.18. The van der Waals surface area contributed by atoms with Crippen LogP contribution in [0.4, 0.5) is 0 Å². The average Bonchev–Trinajstić information content (AvgIpc) is 2.64. The summed E-state index contributed by atoms with van der Waals surface area (Å²) in [4.78, 5) is 27.3. The summed E-state index contributed by atoms with van der Waals surface area (Å²) in [5.41, 5.74) is 0.446. The molecular weight excluding hydrogens is 491 g/mol. The van der Waals surface area contributed by atoms with Crippen LogP contribution in [0, 0.1) is 0 Å². The van der Waals surface area contributed by atoms with Crippen molar-refractivity contribution in [3.63, 3.8) is 0 Å². The lowest BCUT2D eigenvalue weighted by molar-refractivity contribution is -0.142. The molecule has 162 valence electrons. The van der Waals surface area contributed by atoms with E-state index >= 15 is 0 Å². The van der Waals surface area contributed by atoms with E-state index in [1.807, 2.05) is 32.9 Å². The second kappa shape index (κ2) is 10.5. The SMILES string of the molecule is C[C@@H](C(=O)NC(C)(C)C)N(Cc1ccc(Cl)cc1)C(=O)COc1ccc(Cl)cc1Br. The van der Waals surface area contributed by atoms with Crippen LogP contribution < -0.4 is 10.1 Å². The van der Waals surface area contributed by atoms with Gasteiger partial charge in [-0.15, -0.1) is 0 Å². The summed E-state index contributed by atoms with van der Waals surface area (Å²) in [6, 6.07) is 11.5. The third-order valence-corrected chi connectivity index (χ3v) is 5.28. The molecular formula is C22H25BrCl2N2O3. The number of carbonyl (C=O) groups excluding carboxylic acids is 2. The molecule has 1 N–H and O–H groups in total. The Hall–Kier alpha value is -1.76. The summed E-state index contributed by atoms with van der Waals surface area (Å²) in [5.74, 6) is -0.0631. The molecule has 0 aliphatic heterocycles. The molecule has 0 aliphatic rings. The first-order valence-electron chi connectivity index (χ1n) is 9.40. The standard InChI is InChI=1S/C22H25BrCl2N2O3/c1-14(21(29)26-22(2,3)4)27(12-15-5-7-16(24)8-6-15)20(28)13-30-19-10-9-17(25)11-18(19)23/h5-11,14H,12-13H2,1-4H3,(H,26,29)/t14-/m0/s1. The number of ether oxygens (including phenoxy) is 1. The summed E-state index contributed by atoms with van der Waals surface area (Å²) in [7, 11) is 0. The van der Waals surface area contributed by atoms with Crippen molar-refractivity contribution in [1.82, 2.24) is 10.2 Å². The van der Waals surface area contributed by atoms with Crippen LogP contribution in [-0.2, 0) is 16.1 Å². The number of benzene rings is 2. The van der Waals surface area contributed by atoms with Gasteiger partial charge in [-0.3, -0.25) is 9.59 Å². The van der Waals surface area contributed by atoms with Crippen LogP contribution in [0.1, 0.15) is 33.3 Å². The molecule has 2 aromatic carbocycles. The quantitative estimate of drug-likeness (QED) is 0.532. The van der Waals surface area contributed by atoms with Crippen molar-refractivity contribution in [3.05, 3.63) is 62.5 Å². The summed E-state index contributed by atoms with van der Waals surface area (Å²) in [6.45, 7) is 7.41. The average molecular weight is 516 g/mol. The second-order valence-corrected chi connectivity index (χ2v) is 9.65. The molecule has 5 nitrogen and oxygen atoms in total. The zero-order valence-electron chi connectivity index (χ0n) is 17.3. The number of halogens is 3. The molecule has 0 heterocycles. The van der Waals surface area contributed by atoms with Crippen LogP contribution in [0.15, 0.2) is 46.9 Å². The zero-order valence-corrected chi connectivity index (χ0v) is 20.4. The fourth-order valence-electron chi connectivity index (χ4n) is 2.66. The van der Waals surface area contributed by atoms with Crippen LogP contribution in [-0.4, -0.2) is 34.9 Å². The molecule has 0 saturated carbocycles. The first-order valence-corrected chi connectivity index (χ1v) is 10.9. The lowest BCUT2D eigenvalue weighted by Gasteiger charge is -2.31. The molecule has 30 heavy (non-hydrogen) atoms. The number of nitrogens with one attached hydrogen (secondary N) is 1. The highest BCUT2D eigenvalue weighted by molar-refractivity contribution is 9.10. The minimum Gasteiger partial charge on any atom is -0.483 e. The maximum absolute atomic E-state index is 13.0. The van der Waals surface area contributed by atoms with Gasteiger partial charge in [-0.1, -0.05) is 35.3 Å². The highest BCUT2D eigenvalue weighted by Crippen LogP contribution is 2.28. The molecule has 2 aromatic rings. The lowest BCUT2D eigenvalue weighted by atomic mass is 10.1. The van der Waals surface area contributed by atoms with Gasteiger partial charge in [-0.05, 0) is 79.5 Å². The smallest absolute Gasteiger partial charge is 0.261 e. The number of rotatable bonds is 7. The molecule has 0 fully saturated rings. The van der Waals surface area contributed by atoms with Crippen molar-refractivity contribution >= 4 is 50.9 Å². The van der Waals surface area contributed by atoms with Crippen molar-refractivity contribution in [2.45, 2.75) is 45.8 Å². The molecule has 1 atom stereocenters.